The molecule has 8 nitrogen and oxygen atoms in total. The lowest BCUT2D eigenvalue weighted by atomic mass is 9.95. The number of carbonyl (C=O) groups is 2. The number of aryl methyl sites for hydroxylation is 1. The van der Waals surface area contributed by atoms with E-state index in [-0.39, 0.29) is 17.7 Å². The molecule has 2 heterocycles. The van der Waals surface area contributed by atoms with Crippen molar-refractivity contribution in [3.8, 4) is 5.69 Å². The van der Waals surface area contributed by atoms with Gasteiger partial charge in [0.2, 0.25) is 11.8 Å². The first-order chi connectivity index (χ1) is 15.9. The van der Waals surface area contributed by atoms with E-state index < -0.39 is 0 Å². The number of carbonyl (C=O) groups excluding carboxylic acids is 2. The lowest BCUT2D eigenvalue weighted by molar-refractivity contribution is -0.125. The van der Waals surface area contributed by atoms with Crippen LogP contribution in [0.3, 0.4) is 0 Å². The van der Waals surface area contributed by atoms with Gasteiger partial charge in [-0.05, 0) is 58.0 Å². The molecule has 3 rings (SSSR count). The number of nitrogens with one attached hydrogen (secondary N) is 2. The van der Waals surface area contributed by atoms with Gasteiger partial charge in [-0.15, -0.1) is 0 Å². The van der Waals surface area contributed by atoms with E-state index in [4.69, 9.17) is 5.10 Å². The molecule has 1 aliphatic rings. The Labute approximate surface area is 197 Å². The van der Waals surface area contributed by atoms with Gasteiger partial charge < -0.3 is 20.4 Å². The van der Waals surface area contributed by atoms with Crippen molar-refractivity contribution in [2.75, 3.05) is 49.5 Å². The number of aromatic nitrogens is 2. The van der Waals surface area contributed by atoms with Crippen LogP contribution in [-0.2, 0) is 9.59 Å². The summed E-state index contributed by atoms with van der Waals surface area (Å²) in [5, 5.41) is 10.8. The quantitative estimate of drug-likeness (QED) is 0.539. The van der Waals surface area contributed by atoms with Crippen LogP contribution in [0.5, 0.6) is 0 Å². The largest absolute Gasteiger partial charge is 0.356 e. The smallest absolute Gasteiger partial charge is 0.223 e. The SMILES string of the molecule is CCN(CC)CCCNC(=O)C1CCN(c2c(NC(C)=O)c(C)nn2-c2ccccc2)CC1. The van der Waals surface area contributed by atoms with Crippen LogP contribution in [0.15, 0.2) is 30.3 Å². The van der Waals surface area contributed by atoms with E-state index in [1.807, 2.05) is 41.9 Å². The van der Waals surface area contributed by atoms with E-state index in [9.17, 15) is 9.59 Å². The third kappa shape index (κ3) is 6.35. The number of rotatable bonds is 10. The molecule has 2 amide bonds. The molecule has 0 bridgehead atoms. The molecule has 1 saturated heterocycles. The molecule has 1 fully saturated rings. The standard InChI is InChI=1S/C25H38N6O2/c1-5-29(6-2)16-10-15-26-24(33)21-13-17-30(18-14-21)25-23(27-20(4)32)19(3)28-31(25)22-11-8-7-9-12-22/h7-9,11-12,21H,5-6,10,13-18H2,1-4H3,(H,26,33)(H,27,32). The van der Waals surface area contributed by atoms with Crippen LogP contribution < -0.4 is 15.5 Å². The Balaban J connectivity index is 1.65. The molecule has 1 aliphatic heterocycles. The highest BCUT2D eigenvalue weighted by Gasteiger charge is 2.29. The highest BCUT2D eigenvalue weighted by Crippen LogP contribution is 2.34. The summed E-state index contributed by atoms with van der Waals surface area (Å²) in [4.78, 5) is 29.2. The highest BCUT2D eigenvalue weighted by atomic mass is 16.2. The Morgan fingerprint density at radius 1 is 1.12 bits per heavy atom. The molecular weight excluding hydrogens is 416 g/mol. The van der Waals surface area contributed by atoms with Gasteiger partial charge >= 0.3 is 0 Å². The van der Waals surface area contributed by atoms with Crippen molar-refractivity contribution >= 4 is 23.3 Å². The fourth-order valence-electron chi connectivity index (χ4n) is 4.43. The zero-order valence-corrected chi connectivity index (χ0v) is 20.4. The van der Waals surface area contributed by atoms with Crippen molar-refractivity contribution in [3.05, 3.63) is 36.0 Å². The highest BCUT2D eigenvalue weighted by molar-refractivity contribution is 5.93. The van der Waals surface area contributed by atoms with Gasteiger partial charge in [-0.2, -0.15) is 5.10 Å². The number of amides is 2. The van der Waals surface area contributed by atoms with Crippen molar-refractivity contribution in [1.29, 1.82) is 0 Å². The van der Waals surface area contributed by atoms with Gasteiger partial charge in [-0.25, -0.2) is 4.68 Å². The fourth-order valence-corrected chi connectivity index (χ4v) is 4.43. The second-order valence-electron chi connectivity index (χ2n) is 8.65. The molecule has 0 radical (unpaired) electrons. The minimum atomic E-state index is -0.120. The van der Waals surface area contributed by atoms with Gasteiger partial charge in [0, 0.05) is 32.5 Å². The van der Waals surface area contributed by atoms with E-state index in [0.717, 1.165) is 81.4 Å². The Morgan fingerprint density at radius 2 is 1.79 bits per heavy atom. The van der Waals surface area contributed by atoms with Crippen molar-refractivity contribution in [2.45, 2.75) is 47.0 Å². The average Bonchev–Trinajstić information content (AvgIpc) is 3.15. The first kappa shape index (κ1) is 24.8. The lowest BCUT2D eigenvalue weighted by Gasteiger charge is -2.33. The van der Waals surface area contributed by atoms with E-state index in [0.29, 0.717) is 0 Å². The second-order valence-corrected chi connectivity index (χ2v) is 8.65. The van der Waals surface area contributed by atoms with Crippen molar-refractivity contribution in [1.82, 2.24) is 20.0 Å². The van der Waals surface area contributed by atoms with Crippen LogP contribution in [0.1, 0.15) is 45.7 Å². The molecule has 180 valence electrons. The maximum absolute atomic E-state index is 12.7. The predicted molar refractivity (Wildman–Crippen MR) is 133 cm³/mol. The van der Waals surface area contributed by atoms with E-state index >= 15 is 0 Å². The molecule has 1 aromatic carbocycles. The number of hydrogen-bond donors (Lipinski definition) is 2. The van der Waals surface area contributed by atoms with Crippen LogP contribution in [-0.4, -0.2) is 65.8 Å². The summed E-state index contributed by atoms with van der Waals surface area (Å²) >= 11 is 0. The molecule has 33 heavy (non-hydrogen) atoms. The maximum atomic E-state index is 12.7. The zero-order valence-electron chi connectivity index (χ0n) is 20.4. The summed E-state index contributed by atoms with van der Waals surface area (Å²) in [6.07, 6.45) is 2.53. The summed E-state index contributed by atoms with van der Waals surface area (Å²) in [6, 6.07) is 9.94. The summed E-state index contributed by atoms with van der Waals surface area (Å²) in [5.74, 6) is 0.940. The number of benzene rings is 1. The minimum absolute atomic E-state index is 0.0214. The maximum Gasteiger partial charge on any atom is 0.223 e. The lowest BCUT2D eigenvalue weighted by Crippen LogP contribution is -2.42. The normalized spacial score (nSPS) is 14.5. The van der Waals surface area contributed by atoms with Crippen LogP contribution in [0.2, 0.25) is 0 Å². The predicted octanol–water partition coefficient (Wildman–Crippen LogP) is 3.20. The van der Waals surface area contributed by atoms with E-state index in [1.54, 1.807) is 0 Å². The Hall–Kier alpha value is -2.87. The molecule has 0 saturated carbocycles. The number of para-hydroxylation sites is 1. The third-order valence-electron chi connectivity index (χ3n) is 6.35. The molecule has 0 aliphatic carbocycles. The summed E-state index contributed by atoms with van der Waals surface area (Å²) in [6.45, 7) is 13.1. The Kier molecular flexibility index (Phi) is 8.88. The van der Waals surface area contributed by atoms with Crippen LogP contribution in [0.4, 0.5) is 11.5 Å². The number of nitrogens with zero attached hydrogens (tertiary/aromatic N) is 4. The van der Waals surface area contributed by atoms with Gasteiger partial charge in [-0.1, -0.05) is 32.0 Å². The van der Waals surface area contributed by atoms with E-state index in [1.165, 1.54) is 6.92 Å². The minimum Gasteiger partial charge on any atom is -0.356 e. The third-order valence-corrected chi connectivity index (χ3v) is 6.35. The van der Waals surface area contributed by atoms with Gasteiger partial charge in [-0.3, -0.25) is 9.59 Å². The van der Waals surface area contributed by atoms with Crippen molar-refractivity contribution in [2.24, 2.45) is 5.92 Å². The fraction of sp³-hybridized carbons (Fsp3) is 0.560. The molecule has 0 unspecified atom stereocenters. The second kappa shape index (κ2) is 11.8. The van der Waals surface area contributed by atoms with Crippen LogP contribution in [0.25, 0.3) is 5.69 Å². The molecule has 2 N–H and O–H groups in total. The van der Waals surface area contributed by atoms with E-state index in [2.05, 4.69) is 34.3 Å². The summed E-state index contributed by atoms with van der Waals surface area (Å²) in [7, 11) is 0. The van der Waals surface area contributed by atoms with Gasteiger partial charge in [0.15, 0.2) is 5.82 Å². The van der Waals surface area contributed by atoms with Crippen LogP contribution >= 0.6 is 0 Å². The molecule has 1 aromatic heterocycles. The molecule has 0 spiro atoms. The van der Waals surface area contributed by atoms with Crippen molar-refractivity contribution in [3.63, 3.8) is 0 Å². The number of hydrogen-bond acceptors (Lipinski definition) is 5. The van der Waals surface area contributed by atoms with Gasteiger partial charge in [0.05, 0.1) is 11.4 Å². The number of piperidine rings is 1. The van der Waals surface area contributed by atoms with Crippen molar-refractivity contribution < 1.29 is 9.59 Å². The Morgan fingerprint density at radius 3 is 2.39 bits per heavy atom. The van der Waals surface area contributed by atoms with Gasteiger partial charge in [0.25, 0.3) is 0 Å². The van der Waals surface area contributed by atoms with Gasteiger partial charge in [0.1, 0.15) is 5.69 Å². The first-order valence-corrected chi connectivity index (χ1v) is 12.1. The summed E-state index contributed by atoms with van der Waals surface area (Å²) in [5.41, 5.74) is 2.46. The molecule has 0 atom stereocenters. The summed E-state index contributed by atoms with van der Waals surface area (Å²) < 4.78 is 1.90. The van der Waals surface area contributed by atoms with Crippen LogP contribution in [0, 0.1) is 12.8 Å². The average molecular weight is 455 g/mol. The first-order valence-electron chi connectivity index (χ1n) is 12.1. The molecule has 2 aromatic rings. The number of anilines is 2. The monoisotopic (exact) mass is 454 g/mol. The zero-order chi connectivity index (χ0) is 23.8. The Bertz CT molecular complexity index is 914. The topological polar surface area (TPSA) is 82.5 Å². The molecular formula is C25H38N6O2. The molecule has 8 heteroatoms.